The number of benzene rings is 2. The van der Waals surface area contributed by atoms with Crippen LogP contribution in [0.2, 0.25) is 0 Å². The van der Waals surface area contributed by atoms with Gasteiger partial charge in [-0.3, -0.25) is 0 Å². The molecular weight excluding hydrogens is 234 g/mol. The molecule has 0 radical (unpaired) electrons. The summed E-state index contributed by atoms with van der Waals surface area (Å²) in [6.45, 7) is 1.02. The monoisotopic (exact) mass is 253 g/mol. The number of anilines is 1. The lowest BCUT2D eigenvalue weighted by Gasteiger charge is -2.30. The molecule has 0 bridgehead atoms. The maximum Gasteiger partial charge on any atom is 0.139 e. The standard InChI is InChI=1S/C17H19NO/c1-18-11-5-8-15-14(9-10-16(19)17(15)18)12-13-6-3-2-4-7-13/h2-4,6-7,9-10,19H,5,8,11-12H2,1H3. The lowest BCUT2D eigenvalue weighted by Crippen LogP contribution is -2.25. The minimum absolute atomic E-state index is 0.411. The zero-order valence-electron chi connectivity index (χ0n) is 11.3. The van der Waals surface area contributed by atoms with Crippen molar-refractivity contribution >= 4 is 5.69 Å². The van der Waals surface area contributed by atoms with Crippen LogP contribution in [0, 0.1) is 0 Å². The third-order valence-corrected chi connectivity index (χ3v) is 3.90. The second-order valence-electron chi connectivity index (χ2n) is 5.26. The number of hydrogen-bond acceptors (Lipinski definition) is 2. The molecule has 1 heterocycles. The second-order valence-corrected chi connectivity index (χ2v) is 5.26. The van der Waals surface area contributed by atoms with Crippen LogP contribution in [-0.4, -0.2) is 18.7 Å². The Hall–Kier alpha value is -1.96. The van der Waals surface area contributed by atoms with Gasteiger partial charge < -0.3 is 10.0 Å². The first-order valence-corrected chi connectivity index (χ1v) is 6.84. The van der Waals surface area contributed by atoms with Crippen molar-refractivity contribution in [1.82, 2.24) is 0 Å². The molecule has 0 saturated carbocycles. The van der Waals surface area contributed by atoms with Gasteiger partial charge in [-0.05, 0) is 42.0 Å². The molecule has 2 heteroatoms. The van der Waals surface area contributed by atoms with Crippen LogP contribution in [0.4, 0.5) is 5.69 Å². The van der Waals surface area contributed by atoms with E-state index in [-0.39, 0.29) is 0 Å². The van der Waals surface area contributed by atoms with Gasteiger partial charge in [0.15, 0.2) is 0 Å². The van der Waals surface area contributed by atoms with Crippen LogP contribution in [0.5, 0.6) is 5.75 Å². The van der Waals surface area contributed by atoms with Crippen molar-refractivity contribution in [1.29, 1.82) is 0 Å². The summed E-state index contributed by atoms with van der Waals surface area (Å²) in [7, 11) is 2.06. The Balaban J connectivity index is 2.01. The van der Waals surface area contributed by atoms with Crippen LogP contribution in [0.15, 0.2) is 42.5 Å². The second kappa shape index (κ2) is 4.96. The van der Waals surface area contributed by atoms with E-state index in [9.17, 15) is 5.11 Å². The predicted octanol–water partition coefficient (Wildman–Crippen LogP) is 3.37. The highest BCUT2D eigenvalue weighted by Gasteiger charge is 2.20. The molecule has 1 aliphatic heterocycles. The molecule has 1 aliphatic rings. The minimum atomic E-state index is 0.411. The van der Waals surface area contributed by atoms with Gasteiger partial charge in [0, 0.05) is 13.6 Å². The molecule has 2 nitrogen and oxygen atoms in total. The van der Waals surface area contributed by atoms with Gasteiger partial charge in [0.2, 0.25) is 0 Å². The van der Waals surface area contributed by atoms with Crippen molar-refractivity contribution in [3.63, 3.8) is 0 Å². The smallest absolute Gasteiger partial charge is 0.139 e. The first-order chi connectivity index (χ1) is 9.25. The lowest BCUT2D eigenvalue weighted by molar-refractivity contribution is 0.471. The zero-order chi connectivity index (χ0) is 13.2. The first-order valence-electron chi connectivity index (χ1n) is 6.84. The maximum absolute atomic E-state index is 10.1. The highest BCUT2D eigenvalue weighted by atomic mass is 16.3. The molecule has 0 atom stereocenters. The summed E-state index contributed by atoms with van der Waals surface area (Å²) in [5.41, 5.74) is 5.01. The Bertz CT molecular complexity index is 577. The lowest BCUT2D eigenvalue weighted by atomic mass is 9.92. The van der Waals surface area contributed by atoms with E-state index < -0.39 is 0 Å². The molecule has 2 aromatic rings. The van der Waals surface area contributed by atoms with E-state index in [1.165, 1.54) is 16.7 Å². The number of phenols is 1. The summed E-state index contributed by atoms with van der Waals surface area (Å²) >= 11 is 0. The molecule has 0 aliphatic carbocycles. The van der Waals surface area contributed by atoms with Gasteiger partial charge in [0.25, 0.3) is 0 Å². The summed E-state index contributed by atoms with van der Waals surface area (Å²) in [6, 6.07) is 14.4. The van der Waals surface area contributed by atoms with Gasteiger partial charge >= 0.3 is 0 Å². The fraction of sp³-hybridized carbons (Fsp3) is 0.294. The average molecular weight is 253 g/mol. The Morgan fingerprint density at radius 2 is 1.89 bits per heavy atom. The third kappa shape index (κ3) is 2.30. The van der Waals surface area contributed by atoms with Crippen molar-refractivity contribution in [3.05, 3.63) is 59.2 Å². The molecule has 19 heavy (non-hydrogen) atoms. The van der Waals surface area contributed by atoms with Gasteiger partial charge in [-0.2, -0.15) is 0 Å². The van der Waals surface area contributed by atoms with Gasteiger partial charge in [0.1, 0.15) is 5.75 Å². The molecule has 98 valence electrons. The zero-order valence-corrected chi connectivity index (χ0v) is 11.3. The van der Waals surface area contributed by atoms with E-state index in [1.54, 1.807) is 0 Å². The number of hydrogen-bond donors (Lipinski definition) is 1. The summed E-state index contributed by atoms with van der Waals surface area (Å²) in [5, 5.41) is 10.1. The van der Waals surface area contributed by atoms with E-state index in [0.29, 0.717) is 5.75 Å². The fourth-order valence-corrected chi connectivity index (χ4v) is 2.96. The number of aromatic hydroxyl groups is 1. The number of phenolic OH excluding ortho intramolecular Hbond substituents is 1. The third-order valence-electron chi connectivity index (χ3n) is 3.90. The molecule has 0 saturated heterocycles. The van der Waals surface area contributed by atoms with Crippen LogP contribution in [0.25, 0.3) is 0 Å². The van der Waals surface area contributed by atoms with E-state index >= 15 is 0 Å². The predicted molar refractivity (Wildman–Crippen MR) is 78.9 cm³/mol. The van der Waals surface area contributed by atoms with Crippen molar-refractivity contribution in [2.45, 2.75) is 19.3 Å². The van der Waals surface area contributed by atoms with Crippen LogP contribution in [0.3, 0.4) is 0 Å². The van der Waals surface area contributed by atoms with Crippen molar-refractivity contribution < 1.29 is 5.11 Å². The van der Waals surface area contributed by atoms with Crippen LogP contribution in [0.1, 0.15) is 23.1 Å². The molecule has 2 aromatic carbocycles. The Morgan fingerprint density at radius 1 is 1.11 bits per heavy atom. The maximum atomic E-state index is 10.1. The summed E-state index contributed by atoms with van der Waals surface area (Å²) in [4.78, 5) is 2.17. The molecular formula is C17H19NO. The summed E-state index contributed by atoms with van der Waals surface area (Å²) < 4.78 is 0. The molecule has 0 unspecified atom stereocenters. The summed E-state index contributed by atoms with van der Waals surface area (Å²) in [6.07, 6.45) is 3.17. The van der Waals surface area contributed by atoms with E-state index in [0.717, 1.165) is 31.5 Å². The average Bonchev–Trinajstić information content (AvgIpc) is 2.43. The minimum Gasteiger partial charge on any atom is -0.506 e. The van der Waals surface area contributed by atoms with Crippen molar-refractivity contribution in [2.75, 3.05) is 18.5 Å². The van der Waals surface area contributed by atoms with Gasteiger partial charge in [0.05, 0.1) is 5.69 Å². The van der Waals surface area contributed by atoms with Gasteiger partial charge in [-0.1, -0.05) is 36.4 Å². The molecule has 0 fully saturated rings. The van der Waals surface area contributed by atoms with Crippen LogP contribution in [-0.2, 0) is 12.8 Å². The molecule has 0 aromatic heterocycles. The Morgan fingerprint density at radius 3 is 2.68 bits per heavy atom. The quantitative estimate of drug-likeness (QED) is 0.887. The van der Waals surface area contributed by atoms with E-state index in [2.05, 4.69) is 42.3 Å². The number of rotatable bonds is 2. The van der Waals surface area contributed by atoms with Crippen LogP contribution < -0.4 is 4.90 Å². The van der Waals surface area contributed by atoms with Crippen molar-refractivity contribution in [3.8, 4) is 5.75 Å². The van der Waals surface area contributed by atoms with Crippen LogP contribution >= 0.6 is 0 Å². The molecule has 1 N–H and O–H groups in total. The van der Waals surface area contributed by atoms with Gasteiger partial charge in [-0.25, -0.2) is 0 Å². The molecule has 0 amide bonds. The van der Waals surface area contributed by atoms with Gasteiger partial charge in [-0.15, -0.1) is 0 Å². The highest BCUT2D eigenvalue weighted by molar-refractivity contribution is 5.67. The summed E-state index contributed by atoms with van der Waals surface area (Å²) in [5.74, 6) is 0.411. The molecule has 3 rings (SSSR count). The SMILES string of the molecule is CN1CCCc2c(Cc3ccccc3)ccc(O)c21. The van der Waals surface area contributed by atoms with Crippen molar-refractivity contribution in [2.24, 2.45) is 0 Å². The molecule has 0 spiro atoms. The van der Waals surface area contributed by atoms with E-state index in [4.69, 9.17) is 0 Å². The first kappa shape index (κ1) is 12.1. The normalized spacial score (nSPS) is 14.3. The highest BCUT2D eigenvalue weighted by Crippen LogP contribution is 2.37. The topological polar surface area (TPSA) is 23.5 Å². The largest absolute Gasteiger partial charge is 0.506 e. The van der Waals surface area contributed by atoms with E-state index in [1.807, 2.05) is 12.1 Å². The Kier molecular flexibility index (Phi) is 3.16. The Labute approximate surface area is 114 Å². The number of fused-ring (bicyclic) bond motifs is 1. The number of nitrogens with zero attached hydrogens (tertiary/aromatic N) is 1. The fourth-order valence-electron chi connectivity index (χ4n) is 2.96.